The lowest BCUT2D eigenvalue weighted by atomic mass is 9.85. The molecule has 2 N–H and O–H groups in total. The molecule has 1 heterocycles. The number of aryl methyl sites for hydroxylation is 3. The maximum absolute atomic E-state index is 14.0. The number of nitrogens with one attached hydrogen (secondary N) is 2. The summed E-state index contributed by atoms with van der Waals surface area (Å²) in [6.07, 6.45) is 11.5. The van der Waals surface area contributed by atoms with Gasteiger partial charge in [-0.3, -0.25) is 19.3 Å². The van der Waals surface area contributed by atoms with Crippen molar-refractivity contribution in [2.45, 2.75) is 110 Å². The fourth-order valence-electron chi connectivity index (χ4n) is 8.22. The summed E-state index contributed by atoms with van der Waals surface area (Å²) in [5.41, 5.74) is 6.81. The van der Waals surface area contributed by atoms with Gasteiger partial charge in [-0.25, -0.2) is 4.79 Å². The highest BCUT2D eigenvalue weighted by atomic mass is 32.1. The Morgan fingerprint density at radius 1 is 0.696 bits per heavy atom. The van der Waals surface area contributed by atoms with Gasteiger partial charge in [0.25, 0.3) is 11.8 Å². The quantitative estimate of drug-likeness (QED) is 0.116. The minimum absolute atomic E-state index is 0.00207. The molecule has 3 aliphatic carbocycles. The average molecular weight is 776 g/mol. The summed E-state index contributed by atoms with van der Waals surface area (Å²) in [6, 6.07) is 24.3. The second-order valence-electron chi connectivity index (χ2n) is 15.3. The molecule has 0 bridgehead atoms. The van der Waals surface area contributed by atoms with E-state index in [1.54, 1.807) is 19.1 Å². The molecule has 1 aromatic heterocycles. The third-order valence-electron chi connectivity index (χ3n) is 11.4. The first-order valence-corrected chi connectivity index (χ1v) is 21.2. The van der Waals surface area contributed by atoms with E-state index < -0.39 is 0 Å². The number of hydrogen-bond acceptors (Lipinski definition) is 8. The lowest BCUT2D eigenvalue weighted by Crippen LogP contribution is -2.40. The van der Waals surface area contributed by atoms with Crippen LogP contribution in [0.4, 0.5) is 10.7 Å². The molecule has 0 unspecified atom stereocenters. The van der Waals surface area contributed by atoms with Gasteiger partial charge in [0.15, 0.2) is 0 Å². The molecule has 9 nitrogen and oxygen atoms in total. The Kier molecular flexibility index (Phi) is 13.0. The summed E-state index contributed by atoms with van der Waals surface area (Å²) in [7, 11) is 0. The van der Waals surface area contributed by atoms with Crippen LogP contribution >= 0.6 is 11.3 Å². The number of carbonyl (C=O) groups excluding carboxylic acids is 4. The Hall–Kier alpha value is -4.80. The van der Waals surface area contributed by atoms with Crippen LogP contribution in [0.1, 0.15) is 123 Å². The van der Waals surface area contributed by atoms with E-state index in [9.17, 15) is 19.2 Å². The number of esters is 2. The first-order valence-electron chi connectivity index (χ1n) is 20.4. The van der Waals surface area contributed by atoms with Crippen LogP contribution in [0.3, 0.4) is 0 Å². The summed E-state index contributed by atoms with van der Waals surface area (Å²) >= 11 is 1.53. The van der Waals surface area contributed by atoms with Crippen molar-refractivity contribution in [1.82, 2.24) is 4.90 Å². The van der Waals surface area contributed by atoms with Crippen molar-refractivity contribution in [3.63, 3.8) is 0 Å². The van der Waals surface area contributed by atoms with Crippen LogP contribution in [0.2, 0.25) is 0 Å². The second-order valence-corrected chi connectivity index (χ2v) is 16.4. The molecular formula is C46H53N3O6S. The van der Waals surface area contributed by atoms with Gasteiger partial charge < -0.3 is 20.1 Å². The van der Waals surface area contributed by atoms with E-state index in [4.69, 9.17) is 9.47 Å². The number of nitrogens with zero attached hydrogens (tertiary/aromatic N) is 1. The molecule has 0 atom stereocenters. The summed E-state index contributed by atoms with van der Waals surface area (Å²) in [6.45, 7) is 5.20. The zero-order chi connectivity index (χ0) is 39.0. The Bertz CT molecular complexity index is 2010. The molecule has 0 spiro atoms. The lowest BCUT2D eigenvalue weighted by molar-refractivity contribution is -0.149. The molecule has 56 heavy (non-hydrogen) atoms. The monoisotopic (exact) mass is 775 g/mol. The predicted molar refractivity (Wildman–Crippen MR) is 221 cm³/mol. The van der Waals surface area contributed by atoms with E-state index in [0.29, 0.717) is 52.7 Å². The fourth-order valence-corrected chi connectivity index (χ4v) is 9.50. The van der Waals surface area contributed by atoms with Crippen molar-refractivity contribution >= 4 is 45.8 Å². The maximum atomic E-state index is 14.0. The van der Waals surface area contributed by atoms with E-state index in [2.05, 4.69) is 21.6 Å². The molecule has 2 fully saturated rings. The number of anilines is 2. The number of carbonyl (C=O) groups is 4. The highest BCUT2D eigenvalue weighted by Gasteiger charge is 2.37. The largest absolute Gasteiger partial charge is 0.466 e. The van der Waals surface area contributed by atoms with Crippen LogP contribution in [0.15, 0.2) is 72.8 Å². The van der Waals surface area contributed by atoms with E-state index >= 15 is 0 Å². The molecule has 4 aromatic rings. The van der Waals surface area contributed by atoms with E-state index in [1.807, 2.05) is 61.5 Å². The van der Waals surface area contributed by atoms with Gasteiger partial charge in [0, 0.05) is 34.8 Å². The summed E-state index contributed by atoms with van der Waals surface area (Å²) in [5, 5.41) is 6.86. The molecular weight excluding hydrogens is 723 g/mol. The molecule has 2 amide bonds. The van der Waals surface area contributed by atoms with Crippen molar-refractivity contribution in [1.29, 1.82) is 0 Å². The molecule has 10 heteroatoms. The van der Waals surface area contributed by atoms with Crippen LogP contribution in [0, 0.1) is 5.92 Å². The molecule has 3 aromatic carbocycles. The van der Waals surface area contributed by atoms with Crippen LogP contribution in [0.5, 0.6) is 0 Å². The zero-order valence-corrected chi connectivity index (χ0v) is 33.4. The van der Waals surface area contributed by atoms with Crippen LogP contribution in [-0.4, -0.2) is 54.0 Å². The number of benzene rings is 3. The topological polar surface area (TPSA) is 114 Å². The Morgan fingerprint density at radius 3 is 2.00 bits per heavy atom. The standard InChI is InChI=1S/C46H53N3O6S/c1-3-54-45(52)33-18-14-30(15-19-33)12-13-31-16-22-36(23-17-31)47-43(51)41-39-10-5-6-11-40(39)56-44(41)48-42(50)35-9-7-8-32(28-35)29-49(38-26-27-38)37-24-20-34(21-25-37)46(53)55-4-2/h7-9,14-19,22-23,28,34,37-38H,3-6,10-13,20-21,24-27,29H2,1-2H3,(H,47,51)(H,48,50). The smallest absolute Gasteiger partial charge is 0.338 e. The number of thiophene rings is 1. The number of ether oxygens (including phenoxy) is 2. The predicted octanol–water partition coefficient (Wildman–Crippen LogP) is 9.18. The van der Waals surface area contributed by atoms with Crippen molar-refractivity contribution in [3.05, 3.63) is 117 Å². The second kappa shape index (κ2) is 18.4. The number of rotatable bonds is 15. The molecule has 3 aliphatic rings. The highest BCUT2D eigenvalue weighted by Crippen LogP contribution is 2.40. The molecule has 0 radical (unpaired) electrons. The van der Waals surface area contributed by atoms with E-state index in [1.165, 1.54) is 29.1 Å². The SMILES string of the molecule is CCOC(=O)c1ccc(CCc2ccc(NC(=O)c3c(NC(=O)c4cccc(CN(C5CCC(C(=O)OCC)CC5)C5CC5)c4)sc4c3CCCC4)cc2)cc1. The first-order chi connectivity index (χ1) is 27.3. The minimum Gasteiger partial charge on any atom is -0.466 e. The maximum Gasteiger partial charge on any atom is 0.338 e. The summed E-state index contributed by atoms with van der Waals surface area (Å²) in [5.74, 6) is -0.793. The lowest BCUT2D eigenvalue weighted by Gasteiger charge is -2.36. The van der Waals surface area contributed by atoms with Crippen molar-refractivity contribution in [2.75, 3.05) is 23.8 Å². The average Bonchev–Trinajstić information content (AvgIpc) is 4.00. The van der Waals surface area contributed by atoms with Gasteiger partial charge in [-0.15, -0.1) is 11.3 Å². The normalized spacial score (nSPS) is 17.8. The van der Waals surface area contributed by atoms with Gasteiger partial charge in [-0.05, 0) is 150 Å². The number of hydrogen-bond donors (Lipinski definition) is 2. The van der Waals surface area contributed by atoms with Crippen molar-refractivity contribution in [3.8, 4) is 0 Å². The first kappa shape index (κ1) is 39.4. The van der Waals surface area contributed by atoms with Gasteiger partial charge in [-0.1, -0.05) is 36.4 Å². The summed E-state index contributed by atoms with van der Waals surface area (Å²) < 4.78 is 10.4. The zero-order valence-electron chi connectivity index (χ0n) is 32.6. The highest BCUT2D eigenvalue weighted by molar-refractivity contribution is 7.17. The van der Waals surface area contributed by atoms with Gasteiger partial charge in [0.2, 0.25) is 0 Å². The third kappa shape index (κ3) is 9.76. The third-order valence-corrected chi connectivity index (χ3v) is 12.6. The van der Waals surface area contributed by atoms with Crippen LogP contribution in [-0.2, 0) is 46.5 Å². The Labute approximate surface area is 334 Å². The minimum atomic E-state index is -0.311. The Balaban J connectivity index is 0.983. The van der Waals surface area contributed by atoms with Gasteiger partial charge >= 0.3 is 11.9 Å². The number of fused-ring (bicyclic) bond motifs is 1. The summed E-state index contributed by atoms with van der Waals surface area (Å²) in [4.78, 5) is 55.9. The van der Waals surface area contributed by atoms with Crippen molar-refractivity contribution < 1.29 is 28.7 Å². The van der Waals surface area contributed by atoms with Crippen molar-refractivity contribution in [2.24, 2.45) is 5.92 Å². The molecule has 0 aliphatic heterocycles. The fraction of sp³-hybridized carbons (Fsp3) is 0.435. The van der Waals surface area contributed by atoms with Crippen LogP contribution < -0.4 is 10.6 Å². The van der Waals surface area contributed by atoms with Gasteiger partial charge in [0.1, 0.15) is 5.00 Å². The molecule has 2 saturated carbocycles. The van der Waals surface area contributed by atoms with E-state index in [0.717, 1.165) is 93.0 Å². The van der Waals surface area contributed by atoms with E-state index in [-0.39, 0.29) is 29.7 Å². The van der Waals surface area contributed by atoms with Gasteiger partial charge in [-0.2, -0.15) is 0 Å². The van der Waals surface area contributed by atoms with Crippen LogP contribution in [0.25, 0.3) is 0 Å². The molecule has 294 valence electrons. The Morgan fingerprint density at radius 2 is 1.34 bits per heavy atom. The number of amides is 2. The molecule has 7 rings (SSSR count). The van der Waals surface area contributed by atoms with Gasteiger partial charge in [0.05, 0.1) is 30.3 Å². The molecule has 0 saturated heterocycles.